The summed E-state index contributed by atoms with van der Waals surface area (Å²) in [7, 11) is 0. The number of rotatable bonds is 5. The fourth-order valence-electron chi connectivity index (χ4n) is 0.618. The van der Waals surface area contributed by atoms with E-state index in [9.17, 15) is 4.79 Å². The van der Waals surface area contributed by atoms with Gasteiger partial charge in [0.15, 0.2) is 6.29 Å². The van der Waals surface area contributed by atoms with Crippen molar-refractivity contribution in [1.29, 1.82) is 11.1 Å². The first-order chi connectivity index (χ1) is 6.95. The van der Waals surface area contributed by atoms with Crippen LogP contribution in [0.1, 0.15) is 0 Å². The molecule has 0 aromatic heterocycles. The van der Waals surface area contributed by atoms with Gasteiger partial charge in [0.05, 0.1) is 6.61 Å². The van der Waals surface area contributed by atoms with Gasteiger partial charge in [0.1, 0.15) is 35.5 Å². The van der Waals surface area contributed by atoms with Gasteiger partial charge in [0.25, 0.3) is 0 Å². The fraction of sp³-hybridized carbons (Fsp3) is 0.833. The minimum atomic E-state index is -1.79. The van der Waals surface area contributed by atoms with Crippen molar-refractivity contribution in [2.24, 2.45) is 0 Å². The largest absolute Gasteiger partial charge is 0.394 e. The first-order valence-corrected chi connectivity index (χ1v) is 3.77. The first kappa shape index (κ1) is 16.2. The zero-order chi connectivity index (χ0) is 12.4. The molecule has 0 rings (SSSR count). The van der Waals surface area contributed by atoms with Crippen LogP contribution in [0, 0.1) is 11.1 Å². The molecule has 0 amide bonds. The third-order valence-corrected chi connectivity index (χ3v) is 1.42. The van der Waals surface area contributed by atoms with Gasteiger partial charge in [-0.15, -0.1) is 0 Å². The molecule has 0 saturated heterocycles. The summed E-state index contributed by atoms with van der Waals surface area (Å²) in [5, 5.41) is 43.5. The predicted molar refractivity (Wildman–Crippen MR) is 44.8 cm³/mol. The molecular weight excluding hydrogens is 210 g/mol. The Labute approximate surface area is 84.6 Å². The molecule has 0 aliphatic carbocycles. The van der Waals surface area contributed by atoms with Crippen molar-refractivity contribution in [2.75, 3.05) is 6.61 Å². The van der Waals surface area contributed by atoms with Crippen molar-refractivity contribution in [3.05, 3.63) is 0 Å². The van der Waals surface area contributed by atoms with E-state index < -0.39 is 31.0 Å². The summed E-state index contributed by atoms with van der Waals surface area (Å²) in [5.74, 6) is 0. The van der Waals surface area contributed by atoms with Crippen LogP contribution in [0.5, 0.6) is 0 Å². The number of carbonyl (C=O) groups excluding carboxylic acids is 1. The highest BCUT2D eigenvalue weighted by Crippen LogP contribution is 2.02. The van der Waals surface area contributed by atoms with Crippen LogP contribution in [0.4, 0.5) is 0 Å². The van der Waals surface area contributed by atoms with Gasteiger partial charge in [0, 0.05) is 0 Å². The van der Waals surface area contributed by atoms with E-state index in [1.165, 1.54) is 0 Å². The number of hydrogen-bond donors (Lipinski definition) is 7. The summed E-state index contributed by atoms with van der Waals surface area (Å²) in [6.07, 6.45) is -6.84. The molecule has 88 valence electrons. The highest BCUT2D eigenvalue weighted by atomic mass is 16.4. The molecule has 4 atom stereocenters. The summed E-state index contributed by atoms with van der Waals surface area (Å²) >= 11 is 0. The molecule has 0 fully saturated rings. The van der Waals surface area contributed by atoms with Gasteiger partial charge in [-0.25, -0.2) is 0 Å². The van der Waals surface area contributed by atoms with Crippen molar-refractivity contribution >= 4 is 6.29 Å². The highest BCUT2D eigenvalue weighted by Gasteiger charge is 2.29. The zero-order valence-electron chi connectivity index (χ0n) is 7.69. The molecule has 0 aromatic carbocycles. The number of hydrogen-bond acceptors (Lipinski definition) is 8. The molecule has 0 aliphatic heterocycles. The summed E-state index contributed by atoms with van der Waals surface area (Å²) < 4.78 is 0. The third-order valence-electron chi connectivity index (χ3n) is 1.42. The molecule has 0 aliphatic rings. The van der Waals surface area contributed by atoms with Gasteiger partial charge >= 0.3 is 0 Å². The Bertz CT molecular complexity index is 207. The standard InChI is InChI=1S/C6H12O6.H2N3/c7-1-3(9)5(11)6(12)4(10)2-8;1-3-2/h1,3-6,8-12H,2H2;1-2H/q;+1. The van der Waals surface area contributed by atoms with Crippen LogP contribution in [0.2, 0.25) is 0 Å². The third kappa shape index (κ3) is 6.80. The zero-order valence-corrected chi connectivity index (χ0v) is 7.69. The van der Waals surface area contributed by atoms with Gasteiger partial charge in [-0.1, -0.05) is 0 Å². The average Bonchev–Trinajstić information content (AvgIpc) is 2.25. The van der Waals surface area contributed by atoms with Crippen molar-refractivity contribution in [3.8, 4) is 0 Å². The molecule has 0 bridgehead atoms. The summed E-state index contributed by atoms with van der Waals surface area (Å²) in [6.45, 7) is -0.760. The van der Waals surface area contributed by atoms with Gasteiger partial charge in [0.2, 0.25) is 4.91 Å². The number of aliphatic hydroxyl groups is 5. The fourth-order valence-corrected chi connectivity index (χ4v) is 0.618. The summed E-state index contributed by atoms with van der Waals surface area (Å²) in [6, 6.07) is 0. The van der Waals surface area contributed by atoms with Gasteiger partial charge in [-0.05, 0) is 0 Å². The molecular formula is C6H14N3O6+. The lowest BCUT2D eigenvalue weighted by Gasteiger charge is -2.22. The maximum absolute atomic E-state index is 9.90. The predicted octanol–water partition coefficient (Wildman–Crippen LogP) is -3.26. The van der Waals surface area contributed by atoms with E-state index in [0.29, 0.717) is 0 Å². The summed E-state index contributed by atoms with van der Waals surface area (Å²) in [4.78, 5) is 11.9. The van der Waals surface area contributed by atoms with Crippen LogP contribution in [0.3, 0.4) is 0 Å². The Morgan fingerprint density at radius 1 is 1.13 bits per heavy atom. The molecule has 0 aromatic rings. The number of nitrogens with zero attached hydrogens (tertiary/aromatic N) is 1. The van der Waals surface area contributed by atoms with E-state index >= 15 is 0 Å². The maximum atomic E-state index is 9.90. The van der Waals surface area contributed by atoms with E-state index in [4.69, 9.17) is 36.6 Å². The van der Waals surface area contributed by atoms with E-state index in [1.807, 2.05) is 4.91 Å². The monoisotopic (exact) mass is 224 g/mol. The molecule has 0 radical (unpaired) electrons. The Morgan fingerprint density at radius 3 is 1.80 bits per heavy atom. The van der Waals surface area contributed by atoms with Crippen LogP contribution in [0.25, 0.3) is 0 Å². The SMILES string of the molecule is N=[N+]=N.O=CC(O)C(O)C(O)C(O)CO. The maximum Gasteiger partial charge on any atom is 0.211 e. The van der Waals surface area contributed by atoms with E-state index in [2.05, 4.69) is 0 Å². The normalized spacial score (nSPS) is 17.4. The second-order valence-electron chi connectivity index (χ2n) is 2.47. The summed E-state index contributed by atoms with van der Waals surface area (Å²) in [5.41, 5.74) is 11.0. The van der Waals surface area contributed by atoms with Crippen molar-refractivity contribution < 1.29 is 30.3 Å². The lowest BCUT2D eigenvalue weighted by Crippen LogP contribution is -2.46. The van der Waals surface area contributed by atoms with Crippen LogP contribution in [0.15, 0.2) is 0 Å². The van der Waals surface area contributed by atoms with Crippen LogP contribution >= 0.6 is 0 Å². The van der Waals surface area contributed by atoms with Crippen LogP contribution in [-0.2, 0) is 4.79 Å². The molecule has 0 spiro atoms. The number of aldehydes is 1. The second kappa shape index (κ2) is 9.34. The molecule has 15 heavy (non-hydrogen) atoms. The molecule has 7 N–H and O–H groups in total. The minimum Gasteiger partial charge on any atom is -0.394 e. The highest BCUT2D eigenvalue weighted by molar-refractivity contribution is 5.56. The Kier molecular flexibility index (Phi) is 10.1. The number of nitrogens with one attached hydrogen (secondary N) is 2. The van der Waals surface area contributed by atoms with E-state index in [-0.39, 0.29) is 6.29 Å². The Hall–Kier alpha value is -1.22. The lowest BCUT2D eigenvalue weighted by atomic mass is 10.0. The quantitative estimate of drug-likeness (QED) is 0.146. The lowest BCUT2D eigenvalue weighted by molar-refractivity contribution is -0.136. The van der Waals surface area contributed by atoms with Crippen LogP contribution < -0.4 is 4.91 Å². The molecule has 0 heterocycles. The van der Waals surface area contributed by atoms with E-state index in [1.54, 1.807) is 0 Å². The minimum absolute atomic E-state index is 0.0258. The molecule has 9 nitrogen and oxygen atoms in total. The topological polar surface area (TPSA) is 180 Å². The second-order valence-corrected chi connectivity index (χ2v) is 2.47. The molecule has 4 unspecified atom stereocenters. The van der Waals surface area contributed by atoms with Crippen molar-refractivity contribution in [3.63, 3.8) is 0 Å². The van der Waals surface area contributed by atoms with Crippen molar-refractivity contribution in [2.45, 2.75) is 24.4 Å². The van der Waals surface area contributed by atoms with E-state index in [0.717, 1.165) is 0 Å². The Morgan fingerprint density at radius 2 is 1.53 bits per heavy atom. The van der Waals surface area contributed by atoms with Gasteiger partial charge in [-0.2, -0.15) is 0 Å². The first-order valence-electron chi connectivity index (χ1n) is 3.77. The van der Waals surface area contributed by atoms with Gasteiger partial charge in [-0.3, -0.25) is 0 Å². The van der Waals surface area contributed by atoms with Crippen molar-refractivity contribution in [1.82, 2.24) is 4.91 Å². The van der Waals surface area contributed by atoms with Crippen LogP contribution in [-0.4, -0.2) is 62.8 Å². The number of carbonyl (C=O) groups is 1. The molecule has 0 saturated carbocycles. The smallest absolute Gasteiger partial charge is 0.211 e. The molecule has 9 heteroatoms. The number of aliphatic hydroxyl groups excluding tert-OH is 5. The Balaban J connectivity index is 0. The average molecular weight is 224 g/mol. The van der Waals surface area contributed by atoms with Gasteiger partial charge < -0.3 is 30.3 Å².